The Bertz CT molecular complexity index is 1040. The van der Waals surface area contributed by atoms with Crippen molar-refractivity contribution in [2.45, 2.75) is 11.4 Å². The van der Waals surface area contributed by atoms with E-state index in [1.807, 2.05) is 30.3 Å². The van der Waals surface area contributed by atoms with E-state index >= 15 is 0 Å². The van der Waals surface area contributed by atoms with E-state index in [1.165, 1.54) is 12.1 Å². The molecule has 5 nitrogen and oxygen atoms in total. The van der Waals surface area contributed by atoms with Gasteiger partial charge < -0.3 is 5.32 Å². The molecule has 1 amide bonds. The van der Waals surface area contributed by atoms with Crippen molar-refractivity contribution in [3.05, 3.63) is 94.5 Å². The normalized spacial score (nSPS) is 11.0. The van der Waals surface area contributed by atoms with E-state index in [-0.39, 0.29) is 16.4 Å². The molecule has 0 spiro atoms. The molecule has 0 aliphatic rings. The van der Waals surface area contributed by atoms with Crippen molar-refractivity contribution < 1.29 is 13.2 Å². The van der Waals surface area contributed by atoms with Gasteiger partial charge >= 0.3 is 0 Å². The Hall–Kier alpha value is -2.64. The Morgan fingerprint density at radius 2 is 1.59 bits per heavy atom. The largest absolute Gasteiger partial charge is 0.348 e. The summed E-state index contributed by atoms with van der Waals surface area (Å²) in [5, 5.41) is 2.79. The number of sulfonamides is 1. The molecule has 0 heterocycles. The first kappa shape index (κ1) is 19.1. The van der Waals surface area contributed by atoms with Gasteiger partial charge in [0.25, 0.3) is 15.9 Å². The predicted octanol–water partition coefficient (Wildman–Crippen LogP) is 4.18. The third-order valence-corrected chi connectivity index (χ3v) is 5.71. The molecule has 3 aromatic rings. The van der Waals surface area contributed by atoms with Crippen LogP contribution >= 0.6 is 15.9 Å². The Balaban J connectivity index is 1.73. The number of carbonyl (C=O) groups excluding carboxylic acids is 1. The van der Waals surface area contributed by atoms with Crippen molar-refractivity contribution in [2.24, 2.45) is 0 Å². The first-order valence-corrected chi connectivity index (χ1v) is 10.4. The summed E-state index contributed by atoms with van der Waals surface area (Å²) in [5.74, 6) is -0.334. The van der Waals surface area contributed by atoms with Gasteiger partial charge in [-0.15, -0.1) is 0 Å². The molecule has 0 unspecified atom stereocenters. The van der Waals surface area contributed by atoms with Gasteiger partial charge in [-0.25, -0.2) is 8.42 Å². The fourth-order valence-corrected chi connectivity index (χ4v) is 3.79. The minimum atomic E-state index is -3.79. The zero-order valence-electron chi connectivity index (χ0n) is 14.2. The number of carbonyl (C=O) groups is 1. The average Bonchev–Trinajstić information content (AvgIpc) is 2.68. The number of anilines is 1. The van der Waals surface area contributed by atoms with Gasteiger partial charge in [0.15, 0.2) is 0 Å². The second kappa shape index (κ2) is 8.37. The molecule has 2 N–H and O–H groups in total. The average molecular weight is 445 g/mol. The van der Waals surface area contributed by atoms with Crippen molar-refractivity contribution >= 4 is 37.5 Å². The molecule has 138 valence electrons. The maximum absolute atomic E-state index is 12.6. The van der Waals surface area contributed by atoms with Gasteiger partial charge in [0.2, 0.25) is 0 Å². The second-order valence-corrected chi connectivity index (χ2v) is 8.41. The fraction of sp³-hybridized carbons (Fsp3) is 0.0500. The highest BCUT2D eigenvalue weighted by Gasteiger charge is 2.16. The van der Waals surface area contributed by atoms with E-state index in [2.05, 4.69) is 26.0 Å². The van der Waals surface area contributed by atoms with Crippen molar-refractivity contribution in [3.63, 3.8) is 0 Å². The molecule has 0 bridgehead atoms. The summed E-state index contributed by atoms with van der Waals surface area (Å²) < 4.78 is 28.5. The molecule has 0 atom stereocenters. The topological polar surface area (TPSA) is 75.3 Å². The second-order valence-electron chi connectivity index (χ2n) is 5.81. The third-order valence-electron chi connectivity index (χ3n) is 3.80. The van der Waals surface area contributed by atoms with Crippen molar-refractivity contribution in [3.8, 4) is 0 Å². The zero-order valence-corrected chi connectivity index (χ0v) is 16.6. The molecule has 0 aromatic heterocycles. The minimum absolute atomic E-state index is 0.0257. The van der Waals surface area contributed by atoms with Crippen LogP contribution in [0.5, 0.6) is 0 Å². The predicted molar refractivity (Wildman–Crippen MR) is 109 cm³/mol. The molecule has 7 heteroatoms. The number of hydrogen-bond donors (Lipinski definition) is 2. The highest BCUT2D eigenvalue weighted by Crippen LogP contribution is 2.19. The van der Waals surface area contributed by atoms with Crippen LogP contribution in [0, 0.1) is 0 Å². The summed E-state index contributed by atoms with van der Waals surface area (Å²) in [6, 6.07) is 22.2. The van der Waals surface area contributed by atoms with E-state index < -0.39 is 10.0 Å². The molecular weight excluding hydrogens is 428 g/mol. The minimum Gasteiger partial charge on any atom is -0.348 e. The number of benzene rings is 3. The Labute approximate surface area is 166 Å². The van der Waals surface area contributed by atoms with E-state index in [4.69, 9.17) is 0 Å². The van der Waals surface area contributed by atoms with Crippen LogP contribution in [-0.2, 0) is 16.6 Å². The molecule has 0 fully saturated rings. The first-order valence-electron chi connectivity index (χ1n) is 8.15. The molecule has 0 saturated heterocycles. The summed E-state index contributed by atoms with van der Waals surface area (Å²) in [6.07, 6.45) is 0. The molecule has 0 aliphatic heterocycles. The highest BCUT2D eigenvalue weighted by atomic mass is 79.9. The zero-order chi connectivity index (χ0) is 19.3. The first-order chi connectivity index (χ1) is 12.9. The molecule has 0 radical (unpaired) electrons. The molecule has 27 heavy (non-hydrogen) atoms. The summed E-state index contributed by atoms with van der Waals surface area (Å²) in [4.78, 5) is 12.4. The van der Waals surface area contributed by atoms with E-state index in [9.17, 15) is 13.2 Å². The van der Waals surface area contributed by atoms with Crippen LogP contribution < -0.4 is 10.0 Å². The standard InChI is InChI=1S/C20H17BrN2O3S/c21-17-9-11-18(12-10-17)23-27(25,26)19-8-4-7-16(13-19)20(24)22-14-15-5-2-1-3-6-15/h1-13,23H,14H2,(H,22,24). The lowest BCUT2D eigenvalue weighted by molar-refractivity contribution is 0.0950. The Morgan fingerprint density at radius 1 is 0.889 bits per heavy atom. The third kappa shape index (κ3) is 5.18. The number of nitrogens with one attached hydrogen (secondary N) is 2. The monoisotopic (exact) mass is 444 g/mol. The molecule has 3 aromatic carbocycles. The summed E-state index contributed by atoms with van der Waals surface area (Å²) >= 11 is 3.31. The van der Waals surface area contributed by atoms with Gasteiger partial charge in [-0.05, 0) is 48.0 Å². The van der Waals surface area contributed by atoms with Gasteiger partial charge in [-0.1, -0.05) is 52.3 Å². The lowest BCUT2D eigenvalue weighted by Gasteiger charge is -2.10. The van der Waals surface area contributed by atoms with Gasteiger partial charge in [0, 0.05) is 22.3 Å². The van der Waals surface area contributed by atoms with Crippen LogP contribution in [0.2, 0.25) is 0 Å². The van der Waals surface area contributed by atoms with Gasteiger partial charge in [-0.3, -0.25) is 9.52 Å². The van der Waals surface area contributed by atoms with Crippen LogP contribution in [0.15, 0.2) is 88.2 Å². The number of amides is 1. The van der Waals surface area contributed by atoms with Crippen molar-refractivity contribution in [1.82, 2.24) is 5.32 Å². The molecule has 0 aliphatic carbocycles. The number of halogens is 1. The van der Waals surface area contributed by atoms with Gasteiger partial charge in [0.1, 0.15) is 0 Å². The highest BCUT2D eigenvalue weighted by molar-refractivity contribution is 9.10. The Morgan fingerprint density at radius 3 is 2.30 bits per heavy atom. The summed E-state index contributed by atoms with van der Waals surface area (Å²) in [6.45, 7) is 0.369. The van der Waals surface area contributed by atoms with Gasteiger partial charge in [0.05, 0.1) is 4.90 Å². The lowest BCUT2D eigenvalue weighted by atomic mass is 10.2. The van der Waals surface area contributed by atoms with Crippen LogP contribution in [0.3, 0.4) is 0 Å². The molecule has 0 saturated carbocycles. The number of rotatable bonds is 6. The SMILES string of the molecule is O=C(NCc1ccccc1)c1cccc(S(=O)(=O)Nc2ccc(Br)cc2)c1. The van der Waals surface area contributed by atoms with Crippen LogP contribution in [0.25, 0.3) is 0 Å². The lowest BCUT2D eigenvalue weighted by Crippen LogP contribution is -2.23. The number of hydrogen-bond acceptors (Lipinski definition) is 3. The molecular formula is C20H17BrN2O3S. The smallest absolute Gasteiger partial charge is 0.261 e. The van der Waals surface area contributed by atoms with E-state index in [0.717, 1.165) is 10.0 Å². The quantitative estimate of drug-likeness (QED) is 0.598. The maximum atomic E-state index is 12.6. The van der Waals surface area contributed by atoms with Gasteiger partial charge in [-0.2, -0.15) is 0 Å². The Kier molecular flexibility index (Phi) is 5.93. The summed E-state index contributed by atoms with van der Waals surface area (Å²) in [7, 11) is -3.79. The fourth-order valence-electron chi connectivity index (χ4n) is 2.42. The van der Waals surface area contributed by atoms with Crippen molar-refractivity contribution in [1.29, 1.82) is 0 Å². The van der Waals surface area contributed by atoms with Crippen LogP contribution in [0.1, 0.15) is 15.9 Å². The van der Waals surface area contributed by atoms with Crippen LogP contribution in [0.4, 0.5) is 5.69 Å². The van der Waals surface area contributed by atoms with E-state index in [0.29, 0.717) is 12.2 Å². The van der Waals surface area contributed by atoms with Crippen molar-refractivity contribution in [2.75, 3.05) is 4.72 Å². The summed E-state index contributed by atoms with van der Waals surface area (Å²) in [5.41, 5.74) is 1.69. The van der Waals surface area contributed by atoms with E-state index in [1.54, 1.807) is 36.4 Å². The molecule has 3 rings (SSSR count). The maximum Gasteiger partial charge on any atom is 0.261 e. The van der Waals surface area contributed by atoms with Crippen LogP contribution in [-0.4, -0.2) is 14.3 Å².